The molecule has 0 N–H and O–H groups in total. The smallest absolute Gasteiger partial charge is 0.211 e. The third kappa shape index (κ3) is 3.02. The van der Waals surface area contributed by atoms with E-state index in [0.717, 1.165) is 30.1 Å². The lowest BCUT2D eigenvalue weighted by atomic mass is 9.95. The minimum atomic E-state index is -3.10. The van der Waals surface area contributed by atoms with Gasteiger partial charge in [-0.05, 0) is 12.8 Å². The fraction of sp³-hybridized carbons (Fsp3) is 0.500. The third-order valence-electron chi connectivity index (χ3n) is 4.04. The maximum Gasteiger partial charge on any atom is 0.211 e. The highest BCUT2D eigenvalue weighted by Gasteiger charge is 2.26. The van der Waals surface area contributed by atoms with Crippen molar-refractivity contribution in [1.29, 1.82) is 0 Å². The van der Waals surface area contributed by atoms with Gasteiger partial charge in [-0.25, -0.2) is 22.7 Å². The van der Waals surface area contributed by atoms with Crippen LogP contribution in [0.15, 0.2) is 24.8 Å². The first-order valence-electron chi connectivity index (χ1n) is 7.20. The van der Waals surface area contributed by atoms with Gasteiger partial charge in [0, 0.05) is 44.6 Å². The second-order valence-corrected chi connectivity index (χ2v) is 7.61. The minimum Gasteiger partial charge on any atom is -0.333 e. The number of piperidine rings is 1. The summed E-state index contributed by atoms with van der Waals surface area (Å²) in [5.41, 5.74) is 1.66. The van der Waals surface area contributed by atoms with Crippen LogP contribution >= 0.6 is 0 Å². The van der Waals surface area contributed by atoms with E-state index in [9.17, 15) is 8.42 Å². The molecule has 118 valence electrons. The molecule has 0 spiro atoms. The maximum absolute atomic E-state index is 11.6. The second-order valence-electron chi connectivity index (χ2n) is 5.63. The van der Waals surface area contributed by atoms with Gasteiger partial charge in [0.1, 0.15) is 5.69 Å². The largest absolute Gasteiger partial charge is 0.333 e. The van der Waals surface area contributed by atoms with Gasteiger partial charge in [-0.1, -0.05) is 0 Å². The summed E-state index contributed by atoms with van der Waals surface area (Å²) in [7, 11) is -1.18. The Kier molecular flexibility index (Phi) is 3.96. The molecule has 0 unspecified atom stereocenters. The third-order valence-corrected chi connectivity index (χ3v) is 5.35. The van der Waals surface area contributed by atoms with Crippen LogP contribution in [0.3, 0.4) is 0 Å². The van der Waals surface area contributed by atoms with Gasteiger partial charge in [0.25, 0.3) is 0 Å². The average molecular weight is 321 g/mol. The van der Waals surface area contributed by atoms with Gasteiger partial charge in [-0.3, -0.25) is 4.98 Å². The predicted octanol–water partition coefficient (Wildman–Crippen LogP) is 1.02. The first-order chi connectivity index (χ1) is 10.4. The van der Waals surface area contributed by atoms with E-state index in [4.69, 9.17) is 0 Å². The van der Waals surface area contributed by atoms with E-state index in [0.29, 0.717) is 13.1 Å². The molecule has 22 heavy (non-hydrogen) atoms. The molecule has 7 nitrogen and oxygen atoms in total. The monoisotopic (exact) mass is 321 g/mol. The number of imidazole rings is 1. The van der Waals surface area contributed by atoms with Crippen LogP contribution in [0.2, 0.25) is 0 Å². The van der Waals surface area contributed by atoms with Crippen LogP contribution in [0.25, 0.3) is 11.5 Å². The minimum absolute atomic E-state index is 0.241. The zero-order chi connectivity index (χ0) is 15.7. The van der Waals surface area contributed by atoms with E-state index in [1.54, 1.807) is 18.6 Å². The standard InChI is InChI=1S/C14H19N5O2S/c1-18-8-5-16-14(18)13-10-15-9-12(17-13)11-3-6-19(7-4-11)22(2,20)21/h5,8-11H,3-4,6-7H2,1-2H3. The Balaban J connectivity index is 1.78. The van der Waals surface area contributed by atoms with E-state index in [1.807, 2.05) is 17.8 Å². The molecule has 0 amide bonds. The van der Waals surface area contributed by atoms with E-state index in [-0.39, 0.29) is 5.92 Å². The Labute approximate surface area is 130 Å². The highest BCUT2D eigenvalue weighted by atomic mass is 32.2. The van der Waals surface area contributed by atoms with E-state index in [1.165, 1.54) is 10.6 Å². The lowest BCUT2D eigenvalue weighted by Gasteiger charge is -2.29. The van der Waals surface area contributed by atoms with Crippen LogP contribution in [0.5, 0.6) is 0 Å². The average Bonchev–Trinajstić information content (AvgIpc) is 2.93. The summed E-state index contributed by atoms with van der Waals surface area (Å²) in [4.78, 5) is 13.2. The Morgan fingerprint density at radius 3 is 2.55 bits per heavy atom. The second kappa shape index (κ2) is 5.77. The first-order valence-corrected chi connectivity index (χ1v) is 9.05. The van der Waals surface area contributed by atoms with Gasteiger partial charge in [0.2, 0.25) is 10.0 Å². The number of aromatic nitrogens is 4. The van der Waals surface area contributed by atoms with Crippen molar-refractivity contribution in [3.63, 3.8) is 0 Å². The Morgan fingerprint density at radius 2 is 1.95 bits per heavy atom. The molecule has 0 atom stereocenters. The summed E-state index contributed by atoms with van der Waals surface area (Å²) in [6, 6.07) is 0. The molecule has 0 bridgehead atoms. The van der Waals surface area contributed by atoms with Crippen molar-refractivity contribution >= 4 is 10.0 Å². The lowest BCUT2D eigenvalue weighted by Crippen LogP contribution is -2.37. The molecule has 1 fully saturated rings. The summed E-state index contributed by atoms with van der Waals surface area (Å²) in [5.74, 6) is 1.02. The molecule has 3 heterocycles. The molecule has 0 radical (unpaired) electrons. The fourth-order valence-electron chi connectivity index (χ4n) is 2.78. The zero-order valence-electron chi connectivity index (χ0n) is 12.7. The molecule has 0 aromatic carbocycles. The van der Waals surface area contributed by atoms with E-state index in [2.05, 4.69) is 15.0 Å². The molecule has 0 aliphatic carbocycles. The molecule has 0 saturated carbocycles. The van der Waals surface area contributed by atoms with Crippen molar-refractivity contribution in [3.05, 3.63) is 30.5 Å². The van der Waals surface area contributed by atoms with Crippen molar-refractivity contribution in [1.82, 2.24) is 23.8 Å². The highest BCUT2D eigenvalue weighted by Crippen LogP contribution is 2.28. The molecular formula is C14H19N5O2S. The van der Waals surface area contributed by atoms with Crippen molar-refractivity contribution in [2.24, 2.45) is 7.05 Å². The molecule has 1 aliphatic rings. The Hall–Kier alpha value is -1.80. The number of hydrogen-bond acceptors (Lipinski definition) is 5. The number of nitrogens with zero attached hydrogens (tertiary/aromatic N) is 5. The fourth-order valence-corrected chi connectivity index (χ4v) is 3.66. The van der Waals surface area contributed by atoms with E-state index < -0.39 is 10.0 Å². The first kappa shape index (κ1) is 15.1. The van der Waals surface area contributed by atoms with Gasteiger partial charge >= 0.3 is 0 Å². The summed E-state index contributed by atoms with van der Waals surface area (Å²) >= 11 is 0. The number of rotatable bonds is 3. The number of aryl methyl sites for hydroxylation is 1. The molecule has 2 aromatic heterocycles. The molecule has 1 saturated heterocycles. The Morgan fingerprint density at radius 1 is 1.23 bits per heavy atom. The van der Waals surface area contributed by atoms with Crippen LogP contribution in [-0.2, 0) is 17.1 Å². The van der Waals surface area contributed by atoms with Gasteiger partial charge in [-0.2, -0.15) is 0 Å². The van der Waals surface area contributed by atoms with Crippen LogP contribution in [0.1, 0.15) is 24.5 Å². The van der Waals surface area contributed by atoms with Crippen molar-refractivity contribution in [2.45, 2.75) is 18.8 Å². The molecule has 2 aromatic rings. The molecule has 8 heteroatoms. The van der Waals surface area contributed by atoms with Gasteiger partial charge in [0.05, 0.1) is 18.1 Å². The van der Waals surface area contributed by atoms with Crippen molar-refractivity contribution < 1.29 is 8.42 Å². The number of sulfonamides is 1. The van der Waals surface area contributed by atoms with Crippen LogP contribution in [-0.4, -0.2) is 51.6 Å². The molecular weight excluding hydrogens is 302 g/mol. The van der Waals surface area contributed by atoms with Gasteiger partial charge < -0.3 is 4.57 Å². The summed E-state index contributed by atoms with van der Waals surface area (Å²) in [5, 5.41) is 0. The SMILES string of the molecule is Cn1ccnc1-c1cncc(C2CCN(S(C)(=O)=O)CC2)n1. The van der Waals surface area contributed by atoms with E-state index >= 15 is 0 Å². The summed E-state index contributed by atoms with van der Waals surface area (Å²) in [6.07, 6.45) is 9.87. The topological polar surface area (TPSA) is 81.0 Å². The van der Waals surface area contributed by atoms with Gasteiger partial charge in [-0.15, -0.1) is 0 Å². The highest BCUT2D eigenvalue weighted by molar-refractivity contribution is 7.88. The molecule has 1 aliphatic heterocycles. The van der Waals surface area contributed by atoms with Crippen molar-refractivity contribution in [2.75, 3.05) is 19.3 Å². The zero-order valence-corrected chi connectivity index (χ0v) is 13.5. The Bertz CT molecular complexity index is 763. The van der Waals surface area contributed by atoms with Crippen molar-refractivity contribution in [3.8, 4) is 11.5 Å². The van der Waals surface area contributed by atoms with Crippen LogP contribution in [0.4, 0.5) is 0 Å². The molecule has 3 rings (SSSR count). The summed E-state index contributed by atoms with van der Waals surface area (Å²) in [6.45, 7) is 1.08. The predicted molar refractivity (Wildman–Crippen MR) is 82.6 cm³/mol. The van der Waals surface area contributed by atoms with Crippen LogP contribution < -0.4 is 0 Å². The maximum atomic E-state index is 11.6. The summed E-state index contributed by atoms with van der Waals surface area (Å²) < 4.78 is 26.6. The lowest BCUT2D eigenvalue weighted by molar-refractivity contribution is 0.318. The normalized spacial score (nSPS) is 17.7. The number of hydrogen-bond donors (Lipinski definition) is 0. The van der Waals surface area contributed by atoms with Gasteiger partial charge in [0.15, 0.2) is 5.82 Å². The van der Waals surface area contributed by atoms with Crippen LogP contribution in [0, 0.1) is 0 Å². The quantitative estimate of drug-likeness (QED) is 0.843.